The minimum absolute atomic E-state index is 0.0388. The summed E-state index contributed by atoms with van der Waals surface area (Å²) in [7, 11) is 0. The quantitative estimate of drug-likeness (QED) is 0.516. The minimum atomic E-state index is -1.09. The van der Waals surface area contributed by atoms with Crippen LogP contribution < -0.4 is 16.2 Å². The number of carbonyl (C=O) groups excluding carboxylic acids is 2. The Morgan fingerprint density at radius 2 is 1.69 bits per heavy atom. The summed E-state index contributed by atoms with van der Waals surface area (Å²) in [4.78, 5) is 51.6. The lowest BCUT2D eigenvalue weighted by molar-refractivity contribution is 0.0594. The predicted octanol–water partition coefficient (Wildman–Crippen LogP) is 3.59. The first-order valence-electron chi connectivity index (χ1n) is 11.5. The molecule has 1 fully saturated rings. The largest absolute Gasteiger partial charge is 0.478 e. The Morgan fingerprint density at radius 1 is 0.917 bits per heavy atom. The van der Waals surface area contributed by atoms with Gasteiger partial charge >= 0.3 is 12.0 Å². The summed E-state index contributed by atoms with van der Waals surface area (Å²) < 4.78 is 15.0. The van der Waals surface area contributed by atoms with Crippen LogP contribution >= 0.6 is 0 Å². The third kappa shape index (κ3) is 4.57. The second-order valence-electron chi connectivity index (χ2n) is 9.07. The Morgan fingerprint density at radius 3 is 2.47 bits per heavy atom. The zero-order valence-electron chi connectivity index (χ0n) is 19.1. The van der Waals surface area contributed by atoms with Crippen LogP contribution in [0.1, 0.15) is 38.7 Å². The average molecular weight is 490 g/mol. The number of hydrogen-bond acceptors (Lipinski definition) is 4. The summed E-state index contributed by atoms with van der Waals surface area (Å²) in [6, 6.07) is 14.1. The number of nitrogens with zero attached hydrogens (tertiary/aromatic N) is 2. The van der Waals surface area contributed by atoms with Crippen LogP contribution in [0.4, 0.5) is 20.6 Å². The summed E-state index contributed by atoms with van der Waals surface area (Å²) in [5, 5.41) is 14.3. The number of hydrogen-bond donors (Lipinski definition) is 3. The van der Waals surface area contributed by atoms with Crippen LogP contribution in [0.15, 0.2) is 65.5 Å². The number of fused-ring (bicyclic) bond motifs is 4. The van der Waals surface area contributed by atoms with Gasteiger partial charge in [0, 0.05) is 42.5 Å². The number of carboxylic acids is 1. The van der Waals surface area contributed by atoms with Crippen molar-refractivity contribution in [3.63, 3.8) is 0 Å². The molecule has 3 heterocycles. The maximum absolute atomic E-state index is 13.4. The fraction of sp³-hybridized carbons (Fsp3) is 0.231. The van der Waals surface area contributed by atoms with Gasteiger partial charge in [0.25, 0.3) is 11.5 Å². The molecule has 5 rings (SSSR count). The van der Waals surface area contributed by atoms with Crippen molar-refractivity contribution in [2.75, 3.05) is 23.7 Å². The zero-order chi connectivity index (χ0) is 25.4. The monoisotopic (exact) mass is 490 g/mol. The molecule has 0 radical (unpaired) electrons. The molecule has 2 bridgehead atoms. The number of benzene rings is 2. The first-order valence-corrected chi connectivity index (χ1v) is 11.5. The van der Waals surface area contributed by atoms with Gasteiger partial charge in [-0.05, 0) is 60.9 Å². The van der Waals surface area contributed by atoms with Crippen molar-refractivity contribution < 1.29 is 23.9 Å². The molecule has 184 valence electrons. The highest BCUT2D eigenvalue weighted by atomic mass is 19.1. The molecule has 0 spiro atoms. The van der Waals surface area contributed by atoms with Crippen LogP contribution in [0.25, 0.3) is 0 Å². The average Bonchev–Trinajstić information content (AvgIpc) is 2.85. The van der Waals surface area contributed by atoms with E-state index in [-0.39, 0.29) is 40.2 Å². The van der Waals surface area contributed by atoms with Crippen molar-refractivity contribution in [1.82, 2.24) is 9.47 Å². The summed E-state index contributed by atoms with van der Waals surface area (Å²) in [6.07, 6.45) is 0.825. The van der Waals surface area contributed by atoms with E-state index in [1.54, 1.807) is 27.7 Å². The second kappa shape index (κ2) is 9.29. The molecule has 36 heavy (non-hydrogen) atoms. The molecular formula is C26H23FN4O5. The van der Waals surface area contributed by atoms with Gasteiger partial charge in [0.2, 0.25) is 0 Å². The van der Waals surface area contributed by atoms with Crippen molar-refractivity contribution in [2.24, 2.45) is 5.92 Å². The number of aromatic carboxylic acids is 1. The third-order valence-electron chi connectivity index (χ3n) is 6.58. The van der Waals surface area contributed by atoms with E-state index in [9.17, 15) is 28.7 Å². The van der Waals surface area contributed by atoms with E-state index in [2.05, 4.69) is 10.6 Å². The number of urea groups is 1. The molecule has 1 saturated heterocycles. The number of likely N-dealkylation sites (tertiary alicyclic amines) is 1. The van der Waals surface area contributed by atoms with Crippen LogP contribution in [0.3, 0.4) is 0 Å². The molecule has 3 aromatic rings. The van der Waals surface area contributed by atoms with E-state index in [1.165, 1.54) is 42.5 Å². The van der Waals surface area contributed by atoms with Crippen LogP contribution in [0.5, 0.6) is 0 Å². The Bertz CT molecular complexity index is 1440. The zero-order valence-corrected chi connectivity index (χ0v) is 19.1. The Labute approximate surface area is 205 Å². The third-order valence-corrected chi connectivity index (χ3v) is 6.58. The first-order chi connectivity index (χ1) is 17.3. The molecule has 10 heteroatoms. The van der Waals surface area contributed by atoms with Gasteiger partial charge in [0.15, 0.2) is 0 Å². The van der Waals surface area contributed by atoms with Crippen molar-refractivity contribution >= 4 is 29.3 Å². The van der Waals surface area contributed by atoms with Gasteiger partial charge < -0.3 is 25.2 Å². The van der Waals surface area contributed by atoms with E-state index >= 15 is 0 Å². The molecule has 0 unspecified atom stereocenters. The van der Waals surface area contributed by atoms with Crippen molar-refractivity contribution in [2.45, 2.75) is 18.9 Å². The van der Waals surface area contributed by atoms with Crippen molar-refractivity contribution in [3.05, 3.63) is 93.7 Å². The lowest BCUT2D eigenvalue weighted by atomic mass is 9.83. The second-order valence-corrected chi connectivity index (χ2v) is 9.07. The number of carbonyl (C=O) groups is 3. The van der Waals surface area contributed by atoms with Gasteiger partial charge in [0.1, 0.15) is 11.5 Å². The highest BCUT2D eigenvalue weighted by molar-refractivity contribution is 5.99. The number of anilines is 2. The lowest BCUT2D eigenvalue weighted by Gasteiger charge is -2.43. The van der Waals surface area contributed by atoms with Gasteiger partial charge in [-0.3, -0.25) is 9.59 Å². The van der Waals surface area contributed by atoms with Crippen LogP contribution in [-0.4, -0.2) is 45.6 Å². The molecular weight excluding hydrogens is 467 g/mol. The number of carboxylic acid groups (broad SMARTS) is 1. The number of nitrogens with one attached hydrogen (secondary N) is 2. The summed E-state index contributed by atoms with van der Waals surface area (Å²) in [5.74, 6) is -1.85. The predicted molar refractivity (Wildman–Crippen MR) is 130 cm³/mol. The number of halogens is 1. The molecule has 0 aliphatic carbocycles. The van der Waals surface area contributed by atoms with E-state index in [0.717, 1.165) is 12.1 Å². The van der Waals surface area contributed by atoms with E-state index in [4.69, 9.17) is 0 Å². The molecule has 2 aliphatic heterocycles. The number of aromatic nitrogens is 1. The van der Waals surface area contributed by atoms with Crippen LogP contribution in [0, 0.1) is 11.7 Å². The maximum Gasteiger partial charge on any atom is 0.335 e. The Hall–Kier alpha value is -4.47. The summed E-state index contributed by atoms with van der Waals surface area (Å²) >= 11 is 0. The Balaban J connectivity index is 1.32. The molecule has 3 N–H and O–H groups in total. The molecule has 0 saturated carbocycles. The number of rotatable bonds is 4. The molecule has 1 aromatic heterocycles. The molecule has 2 aliphatic rings. The smallest absolute Gasteiger partial charge is 0.335 e. The van der Waals surface area contributed by atoms with E-state index < -0.39 is 17.8 Å². The van der Waals surface area contributed by atoms with Gasteiger partial charge in [-0.25, -0.2) is 14.0 Å². The Kier molecular flexibility index (Phi) is 6.01. The SMILES string of the molecule is O=C(Nc1cccc(F)c1)Nc1ccc2n(c1=O)C[C@H]1C[C@@H]2CN(C(=O)c2cccc(C(=O)O)c2)C1. The van der Waals surface area contributed by atoms with Gasteiger partial charge in [-0.2, -0.15) is 0 Å². The lowest BCUT2D eigenvalue weighted by Crippen LogP contribution is -2.49. The van der Waals surface area contributed by atoms with Gasteiger partial charge in [0.05, 0.1) is 5.56 Å². The van der Waals surface area contributed by atoms with Gasteiger partial charge in [-0.1, -0.05) is 12.1 Å². The van der Waals surface area contributed by atoms with Gasteiger partial charge in [-0.15, -0.1) is 0 Å². The van der Waals surface area contributed by atoms with Crippen molar-refractivity contribution in [1.29, 1.82) is 0 Å². The van der Waals surface area contributed by atoms with Crippen LogP contribution in [0.2, 0.25) is 0 Å². The highest BCUT2D eigenvalue weighted by Gasteiger charge is 2.37. The summed E-state index contributed by atoms with van der Waals surface area (Å²) in [6.45, 7) is 1.24. The normalized spacial score (nSPS) is 18.2. The standard InChI is InChI=1S/C26H23FN4O5/c27-19-5-2-6-20(11-19)28-26(36)29-21-7-8-22-18-9-15(13-31(22)24(21)33)12-30(14-18)23(32)16-3-1-4-17(10-16)25(34)35/h1-8,10-11,15,18H,9,12-14H2,(H,34,35)(H2,28,29,36)/t15-,18+/m0/s1. The fourth-order valence-electron chi connectivity index (χ4n) is 5.03. The summed E-state index contributed by atoms with van der Waals surface area (Å²) in [5.41, 5.74) is 1.17. The molecule has 2 aromatic carbocycles. The number of amides is 3. The van der Waals surface area contributed by atoms with E-state index in [0.29, 0.717) is 25.2 Å². The highest BCUT2D eigenvalue weighted by Crippen LogP contribution is 2.36. The molecule has 2 atom stereocenters. The maximum atomic E-state index is 13.4. The van der Waals surface area contributed by atoms with Crippen LogP contribution in [-0.2, 0) is 6.54 Å². The molecule has 9 nitrogen and oxygen atoms in total. The fourth-order valence-corrected chi connectivity index (χ4v) is 5.03. The number of pyridine rings is 1. The minimum Gasteiger partial charge on any atom is -0.478 e. The first kappa shape index (κ1) is 23.3. The topological polar surface area (TPSA) is 121 Å². The van der Waals surface area contributed by atoms with E-state index in [1.807, 2.05) is 0 Å². The van der Waals surface area contributed by atoms with Crippen molar-refractivity contribution in [3.8, 4) is 0 Å². The number of piperidine rings is 1. The molecule has 3 amide bonds.